The van der Waals surface area contributed by atoms with Gasteiger partial charge >= 0.3 is 0 Å². The van der Waals surface area contributed by atoms with Gasteiger partial charge in [0, 0.05) is 28.5 Å². The van der Waals surface area contributed by atoms with Crippen LogP contribution in [-0.2, 0) is 0 Å². The number of aryl methyl sites for hydroxylation is 1. The first kappa shape index (κ1) is 13.9. The van der Waals surface area contributed by atoms with Crippen LogP contribution < -0.4 is 0 Å². The van der Waals surface area contributed by atoms with Gasteiger partial charge in [0.1, 0.15) is 0 Å². The van der Waals surface area contributed by atoms with Crippen molar-refractivity contribution in [3.8, 4) is 0 Å². The first-order chi connectivity index (χ1) is 8.63. The molecule has 2 nitrogen and oxygen atoms in total. The topological polar surface area (TPSA) is 20.3 Å². The summed E-state index contributed by atoms with van der Waals surface area (Å²) in [7, 11) is 0. The quantitative estimate of drug-likeness (QED) is 0.751. The van der Waals surface area contributed by atoms with E-state index in [1.165, 1.54) is 6.42 Å². The molecule has 0 spiro atoms. The van der Waals surface area contributed by atoms with Crippen molar-refractivity contribution in [1.29, 1.82) is 0 Å². The Bertz CT molecular complexity index is 449. The third kappa shape index (κ3) is 2.89. The highest BCUT2D eigenvalue weighted by Gasteiger charge is 2.27. The van der Waals surface area contributed by atoms with Gasteiger partial charge in [-0.05, 0) is 49.9 Å². The third-order valence-corrected chi connectivity index (χ3v) is 4.33. The van der Waals surface area contributed by atoms with E-state index >= 15 is 0 Å². The third-order valence-electron chi connectivity index (χ3n) is 3.48. The normalized spacial score (nSPS) is 19.9. The Labute approximate surface area is 121 Å². The van der Waals surface area contributed by atoms with Gasteiger partial charge in [-0.25, -0.2) is 0 Å². The second-order valence-electron chi connectivity index (χ2n) is 4.76. The van der Waals surface area contributed by atoms with Crippen LogP contribution in [0.4, 0.5) is 0 Å². The number of benzene rings is 1. The van der Waals surface area contributed by atoms with E-state index in [1.54, 1.807) is 0 Å². The smallest absolute Gasteiger partial charge is 0.254 e. The van der Waals surface area contributed by atoms with Gasteiger partial charge in [-0.3, -0.25) is 4.79 Å². The molecule has 0 radical (unpaired) electrons. The molecule has 18 heavy (non-hydrogen) atoms. The van der Waals surface area contributed by atoms with Crippen molar-refractivity contribution in [3.63, 3.8) is 0 Å². The summed E-state index contributed by atoms with van der Waals surface area (Å²) in [5.41, 5.74) is 1.79. The number of amides is 1. The zero-order valence-electron chi connectivity index (χ0n) is 10.5. The largest absolute Gasteiger partial charge is 0.334 e. The Balaban J connectivity index is 2.24. The summed E-state index contributed by atoms with van der Waals surface area (Å²) in [5.74, 6) is 0.645. The number of carbonyl (C=O) groups excluding carboxylic acids is 1. The van der Waals surface area contributed by atoms with Crippen LogP contribution in [0.5, 0.6) is 0 Å². The average molecular weight is 331 g/mol. The van der Waals surface area contributed by atoms with Crippen molar-refractivity contribution in [2.24, 2.45) is 0 Å². The van der Waals surface area contributed by atoms with Crippen LogP contribution in [0.25, 0.3) is 0 Å². The standard InChI is InChI=1S/C14H17BrClNO/c1-10-8-11(15)5-6-13(10)14(18)17-7-3-2-4-12(17)9-16/h5-6,8,12H,2-4,7,9H2,1H3. The van der Waals surface area contributed by atoms with Crippen molar-refractivity contribution in [1.82, 2.24) is 4.90 Å². The minimum atomic E-state index is 0.116. The van der Waals surface area contributed by atoms with Gasteiger partial charge < -0.3 is 4.90 Å². The number of piperidine rings is 1. The highest BCUT2D eigenvalue weighted by molar-refractivity contribution is 9.10. The molecule has 1 heterocycles. The van der Waals surface area contributed by atoms with E-state index in [9.17, 15) is 4.79 Å². The molecule has 1 fully saturated rings. The fourth-order valence-electron chi connectivity index (χ4n) is 2.45. The van der Waals surface area contributed by atoms with E-state index in [-0.39, 0.29) is 11.9 Å². The summed E-state index contributed by atoms with van der Waals surface area (Å²) in [5, 5.41) is 0. The maximum Gasteiger partial charge on any atom is 0.254 e. The number of nitrogens with zero attached hydrogens (tertiary/aromatic N) is 1. The zero-order valence-corrected chi connectivity index (χ0v) is 12.8. The second-order valence-corrected chi connectivity index (χ2v) is 5.99. The Morgan fingerprint density at radius 2 is 2.28 bits per heavy atom. The van der Waals surface area contributed by atoms with E-state index in [1.807, 2.05) is 30.0 Å². The average Bonchev–Trinajstić information content (AvgIpc) is 2.38. The molecular weight excluding hydrogens is 314 g/mol. The lowest BCUT2D eigenvalue weighted by molar-refractivity contribution is 0.0638. The van der Waals surface area contributed by atoms with E-state index in [0.29, 0.717) is 5.88 Å². The zero-order chi connectivity index (χ0) is 13.1. The predicted molar refractivity (Wildman–Crippen MR) is 78.3 cm³/mol. The Kier molecular flexibility index (Phi) is 4.68. The molecule has 1 amide bonds. The van der Waals surface area contributed by atoms with Crippen molar-refractivity contribution in [3.05, 3.63) is 33.8 Å². The van der Waals surface area contributed by atoms with Crippen molar-refractivity contribution >= 4 is 33.4 Å². The molecular formula is C14H17BrClNO. The van der Waals surface area contributed by atoms with Crippen LogP contribution in [0.1, 0.15) is 35.2 Å². The number of likely N-dealkylation sites (tertiary alicyclic amines) is 1. The molecule has 0 aliphatic carbocycles. The molecule has 1 aliphatic heterocycles. The monoisotopic (exact) mass is 329 g/mol. The molecule has 1 aromatic carbocycles. The van der Waals surface area contributed by atoms with Gasteiger partial charge in [0.2, 0.25) is 0 Å². The number of hydrogen-bond donors (Lipinski definition) is 0. The first-order valence-corrected chi connectivity index (χ1v) is 7.59. The van der Waals surface area contributed by atoms with Gasteiger partial charge in [-0.15, -0.1) is 11.6 Å². The maximum atomic E-state index is 12.6. The molecule has 1 unspecified atom stereocenters. The van der Waals surface area contributed by atoms with Crippen LogP contribution >= 0.6 is 27.5 Å². The molecule has 0 bridgehead atoms. The molecule has 1 atom stereocenters. The number of halogens is 2. The highest BCUT2D eigenvalue weighted by Crippen LogP contribution is 2.23. The van der Waals surface area contributed by atoms with Crippen LogP contribution in [0, 0.1) is 6.92 Å². The van der Waals surface area contributed by atoms with Crippen molar-refractivity contribution < 1.29 is 4.79 Å². The molecule has 2 rings (SSSR count). The Hall–Kier alpha value is -0.540. The van der Waals surface area contributed by atoms with Crippen LogP contribution in [0.2, 0.25) is 0 Å². The number of rotatable bonds is 2. The minimum Gasteiger partial charge on any atom is -0.334 e. The molecule has 1 saturated heterocycles. The Morgan fingerprint density at radius 3 is 2.94 bits per heavy atom. The van der Waals surface area contributed by atoms with Crippen LogP contribution in [0.15, 0.2) is 22.7 Å². The summed E-state index contributed by atoms with van der Waals surface area (Å²) in [6.45, 7) is 2.80. The molecule has 1 aromatic rings. The second kappa shape index (κ2) is 6.07. The fourth-order valence-corrected chi connectivity index (χ4v) is 3.25. The number of hydrogen-bond acceptors (Lipinski definition) is 1. The summed E-state index contributed by atoms with van der Waals surface area (Å²) >= 11 is 9.39. The Morgan fingerprint density at radius 1 is 1.50 bits per heavy atom. The van der Waals surface area contributed by atoms with E-state index < -0.39 is 0 Å². The number of carbonyl (C=O) groups is 1. The summed E-state index contributed by atoms with van der Waals surface area (Å²) < 4.78 is 1.00. The summed E-state index contributed by atoms with van der Waals surface area (Å²) in [6, 6.07) is 5.98. The SMILES string of the molecule is Cc1cc(Br)ccc1C(=O)N1CCCCC1CCl. The molecule has 0 saturated carbocycles. The van der Waals surface area contributed by atoms with Gasteiger partial charge in [0.15, 0.2) is 0 Å². The maximum absolute atomic E-state index is 12.6. The molecule has 98 valence electrons. The number of alkyl halides is 1. The van der Waals surface area contributed by atoms with E-state index in [2.05, 4.69) is 15.9 Å². The van der Waals surface area contributed by atoms with E-state index in [0.717, 1.165) is 35.0 Å². The predicted octanol–water partition coefficient (Wildman–Crippen LogP) is 3.99. The lowest BCUT2D eigenvalue weighted by atomic mass is 10.0. The fraction of sp³-hybridized carbons (Fsp3) is 0.500. The molecule has 4 heteroatoms. The summed E-state index contributed by atoms with van der Waals surface area (Å²) in [6.07, 6.45) is 3.26. The van der Waals surface area contributed by atoms with Crippen LogP contribution in [0.3, 0.4) is 0 Å². The summed E-state index contributed by atoms with van der Waals surface area (Å²) in [4.78, 5) is 14.5. The molecule has 0 aromatic heterocycles. The first-order valence-electron chi connectivity index (χ1n) is 6.26. The van der Waals surface area contributed by atoms with Gasteiger partial charge in [0.05, 0.1) is 0 Å². The van der Waals surface area contributed by atoms with E-state index in [4.69, 9.17) is 11.6 Å². The molecule has 0 N–H and O–H groups in total. The van der Waals surface area contributed by atoms with Gasteiger partial charge in [0.25, 0.3) is 5.91 Å². The van der Waals surface area contributed by atoms with Crippen LogP contribution in [-0.4, -0.2) is 29.3 Å². The minimum absolute atomic E-state index is 0.116. The highest BCUT2D eigenvalue weighted by atomic mass is 79.9. The van der Waals surface area contributed by atoms with Gasteiger partial charge in [-0.1, -0.05) is 15.9 Å². The van der Waals surface area contributed by atoms with Crippen molar-refractivity contribution in [2.75, 3.05) is 12.4 Å². The lowest BCUT2D eigenvalue weighted by Gasteiger charge is -2.35. The lowest BCUT2D eigenvalue weighted by Crippen LogP contribution is -2.44. The van der Waals surface area contributed by atoms with Gasteiger partial charge in [-0.2, -0.15) is 0 Å². The molecule has 1 aliphatic rings. The van der Waals surface area contributed by atoms with Crippen molar-refractivity contribution in [2.45, 2.75) is 32.2 Å².